The lowest BCUT2D eigenvalue weighted by Gasteiger charge is -2.12. The Balaban J connectivity index is 1.84. The molecule has 20 heavy (non-hydrogen) atoms. The third-order valence-corrected chi connectivity index (χ3v) is 4.52. The highest BCUT2D eigenvalue weighted by molar-refractivity contribution is 7.13. The summed E-state index contributed by atoms with van der Waals surface area (Å²) in [7, 11) is 0. The first-order chi connectivity index (χ1) is 9.92. The predicted octanol–water partition coefficient (Wildman–Crippen LogP) is 3.34. The molecule has 1 aliphatic heterocycles. The SMILES string of the molecule is c1csc(-c2nc3cccnc3n2CC2CCCO2)c1. The van der Waals surface area contributed by atoms with E-state index < -0.39 is 0 Å². The zero-order chi connectivity index (χ0) is 13.4. The Bertz CT molecular complexity index is 714. The molecule has 102 valence electrons. The number of imidazole rings is 1. The van der Waals surface area contributed by atoms with E-state index >= 15 is 0 Å². The molecule has 0 amide bonds. The van der Waals surface area contributed by atoms with Gasteiger partial charge in [-0.3, -0.25) is 0 Å². The molecule has 0 bridgehead atoms. The lowest BCUT2D eigenvalue weighted by atomic mass is 10.2. The Kier molecular flexibility index (Phi) is 3.01. The average Bonchev–Trinajstić information content (AvgIpc) is 3.19. The summed E-state index contributed by atoms with van der Waals surface area (Å²) in [4.78, 5) is 10.4. The maximum atomic E-state index is 5.77. The summed E-state index contributed by atoms with van der Waals surface area (Å²) in [5.74, 6) is 1.00. The van der Waals surface area contributed by atoms with Gasteiger partial charge in [-0.1, -0.05) is 6.07 Å². The number of rotatable bonds is 3. The van der Waals surface area contributed by atoms with Gasteiger partial charge in [0.2, 0.25) is 0 Å². The van der Waals surface area contributed by atoms with Crippen LogP contribution in [0.3, 0.4) is 0 Å². The van der Waals surface area contributed by atoms with Crippen LogP contribution in [0.2, 0.25) is 0 Å². The van der Waals surface area contributed by atoms with Crippen LogP contribution in [0.1, 0.15) is 12.8 Å². The highest BCUT2D eigenvalue weighted by Crippen LogP contribution is 2.28. The van der Waals surface area contributed by atoms with Crippen LogP contribution in [0.5, 0.6) is 0 Å². The average molecular weight is 285 g/mol. The maximum Gasteiger partial charge on any atom is 0.160 e. The minimum absolute atomic E-state index is 0.285. The van der Waals surface area contributed by atoms with Crippen LogP contribution in [0, 0.1) is 0 Å². The Morgan fingerprint density at radius 3 is 3.15 bits per heavy atom. The predicted molar refractivity (Wildman–Crippen MR) is 79.8 cm³/mol. The van der Waals surface area contributed by atoms with Crippen molar-refractivity contribution in [2.45, 2.75) is 25.5 Å². The Hall–Kier alpha value is -1.72. The monoisotopic (exact) mass is 285 g/mol. The summed E-state index contributed by atoms with van der Waals surface area (Å²) >= 11 is 1.71. The minimum Gasteiger partial charge on any atom is -0.376 e. The molecule has 1 unspecified atom stereocenters. The molecule has 3 aromatic rings. The molecule has 4 heterocycles. The van der Waals surface area contributed by atoms with E-state index in [9.17, 15) is 0 Å². The molecule has 0 N–H and O–H groups in total. The molecule has 1 saturated heterocycles. The lowest BCUT2D eigenvalue weighted by Crippen LogP contribution is -2.15. The van der Waals surface area contributed by atoms with E-state index in [0.717, 1.165) is 43.0 Å². The van der Waals surface area contributed by atoms with Crippen LogP contribution in [-0.4, -0.2) is 27.2 Å². The van der Waals surface area contributed by atoms with Crippen molar-refractivity contribution in [3.63, 3.8) is 0 Å². The van der Waals surface area contributed by atoms with E-state index in [2.05, 4.69) is 27.1 Å². The van der Waals surface area contributed by atoms with Crippen LogP contribution in [0.4, 0.5) is 0 Å². The molecule has 0 spiro atoms. The number of ether oxygens (including phenoxy) is 1. The molecule has 0 saturated carbocycles. The highest BCUT2D eigenvalue weighted by atomic mass is 32.1. The topological polar surface area (TPSA) is 39.9 Å². The number of thiophene rings is 1. The van der Waals surface area contributed by atoms with Gasteiger partial charge in [0.05, 0.1) is 17.5 Å². The van der Waals surface area contributed by atoms with E-state index in [-0.39, 0.29) is 6.10 Å². The van der Waals surface area contributed by atoms with Crippen LogP contribution in [-0.2, 0) is 11.3 Å². The first-order valence-corrected chi connectivity index (χ1v) is 7.76. The molecular weight excluding hydrogens is 270 g/mol. The van der Waals surface area contributed by atoms with Gasteiger partial charge in [0.15, 0.2) is 11.5 Å². The number of hydrogen-bond acceptors (Lipinski definition) is 4. The van der Waals surface area contributed by atoms with Gasteiger partial charge in [-0.2, -0.15) is 0 Å². The summed E-state index contributed by atoms with van der Waals surface area (Å²) in [5.41, 5.74) is 1.90. The second-order valence-electron chi connectivity index (χ2n) is 5.00. The van der Waals surface area contributed by atoms with Gasteiger partial charge in [0, 0.05) is 12.8 Å². The first-order valence-electron chi connectivity index (χ1n) is 6.88. The summed E-state index contributed by atoms with van der Waals surface area (Å²) in [6, 6.07) is 8.12. The normalized spacial score (nSPS) is 18.9. The van der Waals surface area contributed by atoms with Gasteiger partial charge in [-0.05, 0) is 36.4 Å². The van der Waals surface area contributed by atoms with Gasteiger partial charge in [-0.25, -0.2) is 9.97 Å². The standard InChI is InChI=1S/C15H15N3OS/c1-5-12-14(16-7-1)18(10-11-4-2-8-19-11)15(17-12)13-6-3-9-20-13/h1,3,5-7,9,11H,2,4,8,10H2. The number of fused-ring (bicyclic) bond motifs is 1. The zero-order valence-electron chi connectivity index (χ0n) is 11.0. The number of aromatic nitrogens is 3. The van der Waals surface area contributed by atoms with Crippen LogP contribution < -0.4 is 0 Å². The Morgan fingerprint density at radius 2 is 2.35 bits per heavy atom. The van der Waals surface area contributed by atoms with E-state index in [1.807, 2.05) is 18.3 Å². The van der Waals surface area contributed by atoms with Crippen molar-refractivity contribution in [3.8, 4) is 10.7 Å². The van der Waals surface area contributed by atoms with Gasteiger partial charge in [0.25, 0.3) is 0 Å². The van der Waals surface area contributed by atoms with Gasteiger partial charge >= 0.3 is 0 Å². The fraction of sp³-hybridized carbons (Fsp3) is 0.333. The summed E-state index contributed by atoms with van der Waals surface area (Å²) in [6.45, 7) is 1.71. The third-order valence-electron chi connectivity index (χ3n) is 3.66. The first kappa shape index (κ1) is 12.1. The Labute approximate surface area is 121 Å². The summed E-state index contributed by atoms with van der Waals surface area (Å²) < 4.78 is 7.98. The minimum atomic E-state index is 0.285. The molecule has 3 aromatic heterocycles. The summed E-state index contributed by atoms with van der Waals surface area (Å²) in [5, 5.41) is 2.08. The maximum absolute atomic E-state index is 5.77. The molecular formula is C15H15N3OS. The van der Waals surface area contributed by atoms with Crippen LogP contribution >= 0.6 is 11.3 Å². The number of nitrogens with zero attached hydrogens (tertiary/aromatic N) is 3. The van der Waals surface area contributed by atoms with Crippen molar-refractivity contribution in [1.29, 1.82) is 0 Å². The third kappa shape index (κ3) is 2.03. The van der Waals surface area contributed by atoms with Crippen molar-refractivity contribution >= 4 is 22.5 Å². The fourth-order valence-electron chi connectivity index (χ4n) is 2.72. The molecule has 0 aromatic carbocycles. The van der Waals surface area contributed by atoms with E-state index in [1.165, 1.54) is 4.88 Å². The van der Waals surface area contributed by atoms with Gasteiger partial charge in [0.1, 0.15) is 5.52 Å². The molecule has 4 rings (SSSR count). The highest BCUT2D eigenvalue weighted by Gasteiger charge is 2.21. The molecule has 1 aliphatic rings. The fourth-order valence-corrected chi connectivity index (χ4v) is 3.44. The van der Waals surface area contributed by atoms with Crippen molar-refractivity contribution in [2.24, 2.45) is 0 Å². The summed E-state index contributed by atoms with van der Waals surface area (Å²) in [6.07, 6.45) is 4.39. The molecule has 5 heteroatoms. The number of pyridine rings is 1. The van der Waals surface area contributed by atoms with Gasteiger partial charge in [-0.15, -0.1) is 11.3 Å². The van der Waals surface area contributed by atoms with Crippen LogP contribution in [0.15, 0.2) is 35.8 Å². The van der Waals surface area contributed by atoms with Crippen LogP contribution in [0.25, 0.3) is 21.9 Å². The van der Waals surface area contributed by atoms with E-state index in [4.69, 9.17) is 9.72 Å². The zero-order valence-corrected chi connectivity index (χ0v) is 11.8. The van der Waals surface area contributed by atoms with Crippen molar-refractivity contribution in [3.05, 3.63) is 35.8 Å². The quantitative estimate of drug-likeness (QED) is 0.741. The van der Waals surface area contributed by atoms with E-state index in [0.29, 0.717) is 0 Å². The largest absolute Gasteiger partial charge is 0.376 e. The number of hydrogen-bond donors (Lipinski definition) is 0. The molecule has 0 radical (unpaired) electrons. The lowest BCUT2D eigenvalue weighted by molar-refractivity contribution is 0.0981. The van der Waals surface area contributed by atoms with Crippen molar-refractivity contribution < 1.29 is 4.74 Å². The van der Waals surface area contributed by atoms with Crippen molar-refractivity contribution in [1.82, 2.24) is 14.5 Å². The molecule has 0 aliphatic carbocycles. The Morgan fingerprint density at radius 1 is 1.35 bits per heavy atom. The van der Waals surface area contributed by atoms with Crippen molar-refractivity contribution in [2.75, 3.05) is 6.61 Å². The smallest absolute Gasteiger partial charge is 0.160 e. The second-order valence-corrected chi connectivity index (χ2v) is 5.95. The molecule has 1 fully saturated rings. The van der Waals surface area contributed by atoms with E-state index in [1.54, 1.807) is 11.3 Å². The molecule has 1 atom stereocenters. The second kappa shape index (κ2) is 5.00. The molecule has 4 nitrogen and oxygen atoms in total. The van der Waals surface area contributed by atoms with Gasteiger partial charge < -0.3 is 9.30 Å².